The molecule has 2 heterocycles. The minimum absolute atomic E-state index is 0.00755. The number of halogens is 1. The largest absolute Gasteiger partial charge is 0.444 e. The van der Waals surface area contributed by atoms with Crippen molar-refractivity contribution in [2.75, 3.05) is 32.9 Å². The topological polar surface area (TPSA) is 49.9 Å². The molecule has 2 aliphatic heterocycles. The molecule has 0 aliphatic carbocycles. The van der Waals surface area contributed by atoms with Crippen LogP contribution in [-0.4, -0.2) is 60.3 Å². The van der Waals surface area contributed by atoms with Crippen molar-refractivity contribution in [3.8, 4) is 0 Å². The summed E-state index contributed by atoms with van der Waals surface area (Å²) < 4.78 is 17.8. The molecule has 0 aromatic carbocycles. The molecule has 0 saturated carbocycles. The van der Waals surface area contributed by atoms with Gasteiger partial charge in [0, 0.05) is 37.2 Å². The molecule has 1 spiro atoms. The van der Waals surface area contributed by atoms with Crippen LogP contribution in [0.5, 0.6) is 0 Å². The molecule has 118 valence electrons. The number of likely N-dealkylation sites (tertiary alicyclic amines) is 2. The number of hydrogen-bond acceptors (Lipinski definition) is 3. The fourth-order valence-corrected chi connectivity index (χ4v) is 2.86. The molecule has 2 rings (SSSR count). The van der Waals surface area contributed by atoms with Gasteiger partial charge in [0.1, 0.15) is 12.3 Å². The summed E-state index contributed by atoms with van der Waals surface area (Å²) in [4.78, 5) is 27.1. The fraction of sp³-hybridized carbons (Fsp3) is 0.733. The van der Waals surface area contributed by atoms with Crippen LogP contribution in [0, 0.1) is 5.41 Å². The minimum atomic E-state index is -0.813. The monoisotopic (exact) mass is 298 g/mol. The molecule has 0 aromatic rings. The van der Waals surface area contributed by atoms with Crippen LogP contribution >= 0.6 is 0 Å². The Labute approximate surface area is 124 Å². The maximum absolute atomic E-state index is 12.4. The Morgan fingerprint density at radius 1 is 1.24 bits per heavy atom. The molecular formula is C15H23FN2O3. The van der Waals surface area contributed by atoms with Gasteiger partial charge in [-0.15, -0.1) is 0 Å². The predicted octanol–water partition coefficient (Wildman–Crippen LogP) is 1.98. The lowest BCUT2D eigenvalue weighted by Gasteiger charge is -2.48. The van der Waals surface area contributed by atoms with Crippen molar-refractivity contribution >= 4 is 12.0 Å². The van der Waals surface area contributed by atoms with Gasteiger partial charge in [-0.05, 0) is 27.2 Å². The Morgan fingerprint density at radius 2 is 1.81 bits per heavy atom. The van der Waals surface area contributed by atoms with Crippen LogP contribution in [0.1, 0.15) is 27.2 Å². The Kier molecular flexibility index (Phi) is 4.00. The van der Waals surface area contributed by atoms with Gasteiger partial charge >= 0.3 is 6.09 Å². The highest BCUT2D eigenvalue weighted by Gasteiger charge is 2.50. The molecule has 2 aliphatic rings. The van der Waals surface area contributed by atoms with E-state index in [4.69, 9.17) is 4.74 Å². The van der Waals surface area contributed by atoms with Crippen molar-refractivity contribution in [2.24, 2.45) is 5.41 Å². The molecule has 6 heteroatoms. The van der Waals surface area contributed by atoms with Crippen molar-refractivity contribution in [2.45, 2.75) is 32.8 Å². The first-order valence-corrected chi connectivity index (χ1v) is 7.17. The second-order valence-electron chi connectivity index (χ2n) is 7.05. The number of carbonyl (C=O) groups excluding carboxylic acids is 2. The van der Waals surface area contributed by atoms with Crippen LogP contribution in [0.2, 0.25) is 0 Å². The SMILES string of the molecule is C=C(CF)C(=O)N1CC2(CCN(C(=O)OC(C)(C)C)C2)C1. The van der Waals surface area contributed by atoms with Crippen LogP contribution < -0.4 is 0 Å². The quantitative estimate of drug-likeness (QED) is 0.733. The Balaban J connectivity index is 1.86. The molecule has 2 amide bonds. The third-order valence-corrected chi connectivity index (χ3v) is 3.89. The smallest absolute Gasteiger partial charge is 0.410 e. The van der Waals surface area contributed by atoms with Gasteiger partial charge in [0.2, 0.25) is 0 Å². The lowest BCUT2D eigenvalue weighted by molar-refractivity contribution is -0.138. The first-order valence-electron chi connectivity index (χ1n) is 7.17. The molecular weight excluding hydrogens is 275 g/mol. The molecule has 2 saturated heterocycles. The number of nitrogens with zero attached hydrogens (tertiary/aromatic N) is 2. The lowest BCUT2D eigenvalue weighted by atomic mass is 9.79. The molecule has 0 unspecified atom stereocenters. The Bertz CT molecular complexity index is 464. The standard InChI is InChI=1S/C15H23FN2O3/c1-11(7-16)12(19)18-9-15(10-18)5-6-17(8-15)13(20)21-14(2,3)4/h1,5-10H2,2-4H3. The molecule has 0 bridgehead atoms. The highest BCUT2D eigenvalue weighted by molar-refractivity contribution is 5.93. The summed E-state index contributed by atoms with van der Waals surface area (Å²) in [5.41, 5.74) is -0.567. The first kappa shape index (κ1) is 15.8. The molecule has 0 atom stereocenters. The van der Waals surface area contributed by atoms with E-state index in [1.807, 2.05) is 20.8 Å². The number of hydrogen-bond donors (Lipinski definition) is 0. The van der Waals surface area contributed by atoms with Crippen LogP contribution in [0.3, 0.4) is 0 Å². The summed E-state index contributed by atoms with van der Waals surface area (Å²) in [5, 5.41) is 0. The molecule has 2 fully saturated rings. The maximum Gasteiger partial charge on any atom is 0.410 e. The van der Waals surface area contributed by atoms with Gasteiger partial charge in [-0.1, -0.05) is 6.58 Å². The van der Waals surface area contributed by atoms with Crippen LogP contribution in [-0.2, 0) is 9.53 Å². The number of rotatable bonds is 2. The van der Waals surface area contributed by atoms with Gasteiger partial charge in [0.15, 0.2) is 0 Å². The van der Waals surface area contributed by atoms with E-state index in [-0.39, 0.29) is 23.0 Å². The van der Waals surface area contributed by atoms with Crippen molar-refractivity contribution in [3.63, 3.8) is 0 Å². The summed E-state index contributed by atoms with van der Waals surface area (Å²) in [6.45, 7) is 10.5. The van der Waals surface area contributed by atoms with Crippen LogP contribution in [0.15, 0.2) is 12.2 Å². The summed E-state index contributed by atoms with van der Waals surface area (Å²) in [7, 11) is 0. The molecule has 21 heavy (non-hydrogen) atoms. The lowest BCUT2D eigenvalue weighted by Crippen LogP contribution is -2.60. The van der Waals surface area contributed by atoms with Crippen molar-refractivity contribution in [1.82, 2.24) is 9.80 Å². The second kappa shape index (κ2) is 5.31. The second-order valence-corrected chi connectivity index (χ2v) is 7.05. The highest BCUT2D eigenvalue weighted by Crippen LogP contribution is 2.40. The van der Waals surface area contributed by atoms with Crippen molar-refractivity contribution in [3.05, 3.63) is 12.2 Å². The average Bonchev–Trinajstić information content (AvgIpc) is 2.78. The Morgan fingerprint density at radius 3 is 2.33 bits per heavy atom. The first-order chi connectivity index (χ1) is 9.66. The van der Waals surface area contributed by atoms with Crippen molar-refractivity contribution in [1.29, 1.82) is 0 Å². The normalized spacial score (nSPS) is 20.4. The summed E-state index contributed by atoms with van der Waals surface area (Å²) in [5.74, 6) is -0.321. The third kappa shape index (κ3) is 3.36. The van der Waals surface area contributed by atoms with E-state index in [1.54, 1.807) is 9.80 Å². The maximum atomic E-state index is 12.4. The van der Waals surface area contributed by atoms with E-state index in [0.717, 1.165) is 6.42 Å². The number of ether oxygens (including phenoxy) is 1. The Hall–Kier alpha value is -1.59. The molecule has 5 nitrogen and oxygen atoms in total. The van der Waals surface area contributed by atoms with Crippen LogP contribution in [0.4, 0.5) is 9.18 Å². The average molecular weight is 298 g/mol. The van der Waals surface area contributed by atoms with Crippen LogP contribution in [0.25, 0.3) is 0 Å². The van der Waals surface area contributed by atoms with Gasteiger partial charge in [-0.2, -0.15) is 0 Å². The van der Waals surface area contributed by atoms with E-state index in [1.165, 1.54) is 0 Å². The molecule has 0 N–H and O–H groups in total. The third-order valence-electron chi connectivity index (χ3n) is 3.89. The van der Waals surface area contributed by atoms with E-state index in [9.17, 15) is 14.0 Å². The summed E-state index contributed by atoms with van der Waals surface area (Å²) >= 11 is 0. The number of carbonyl (C=O) groups is 2. The zero-order valence-corrected chi connectivity index (χ0v) is 12.9. The van der Waals surface area contributed by atoms with Crippen molar-refractivity contribution < 1.29 is 18.7 Å². The molecule has 0 aromatic heterocycles. The summed E-state index contributed by atoms with van der Waals surface area (Å²) in [6.07, 6.45) is 0.537. The minimum Gasteiger partial charge on any atom is -0.444 e. The van der Waals surface area contributed by atoms with Gasteiger partial charge < -0.3 is 14.5 Å². The predicted molar refractivity (Wildman–Crippen MR) is 76.6 cm³/mol. The van der Waals surface area contributed by atoms with Gasteiger partial charge in [-0.3, -0.25) is 4.79 Å². The molecule has 0 radical (unpaired) electrons. The fourth-order valence-electron chi connectivity index (χ4n) is 2.86. The summed E-state index contributed by atoms with van der Waals surface area (Å²) in [6, 6.07) is 0. The zero-order chi connectivity index (χ0) is 15.8. The zero-order valence-electron chi connectivity index (χ0n) is 12.9. The highest BCUT2D eigenvalue weighted by atomic mass is 19.1. The van der Waals surface area contributed by atoms with Gasteiger partial charge in [0.05, 0.1) is 0 Å². The van der Waals surface area contributed by atoms with Gasteiger partial charge in [-0.25, -0.2) is 9.18 Å². The number of amides is 2. The number of alkyl halides is 1. The van der Waals surface area contributed by atoms with E-state index >= 15 is 0 Å². The van der Waals surface area contributed by atoms with E-state index in [2.05, 4.69) is 6.58 Å². The van der Waals surface area contributed by atoms with E-state index in [0.29, 0.717) is 26.2 Å². The van der Waals surface area contributed by atoms with E-state index < -0.39 is 12.3 Å². The van der Waals surface area contributed by atoms with Gasteiger partial charge in [0.25, 0.3) is 5.91 Å².